The number of hydrogen-bond acceptors (Lipinski definition) is 3. The van der Waals surface area contributed by atoms with Crippen molar-refractivity contribution in [2.24, 2.45) is 0 Å². The summed E-state index contributed by atoms with van der Waals surface area (Å²) in [5, 5.41) is 2.77. The Hall–Kier alpha value is -2.82. The van der Waals surface area contributed by atoms with Crippen LogP contribution in [0.2, 0.25) is 0 Å². The van der Waals surface area contributed by atoms with E-state index >= 15 is 0 Å². The topological polar surface area (TPSA) is 58.6 Å². The van der Waals surface area contributed by atoms with Crippen molar-refractivity contribution < 1.29 is 14.3 Å². The monoisotopic (exact) mass is 310 g/mol. The molecule has 118 valence electrons. The van der Waals surface area contributed by atoms with Gasteiger partial charge >= 0.3 is 0 Å². The van der Waals surface area contributed by atoms with Crippen LogP contribution in [0.1, 0.15) is 30.6 Å². The van der Waals surface area contributed by atoms with Crippen molar-refractivity contribution in [3.8, 4) is 11.5 Å². The largest absolute Gasteiger partial charge is 0.454 e. The van der Waals surface area contributed by atoms with Crippen LogP contribution in [-0.2, 0) is 4.79 Å². The maximum atomic E-state index is 12.9. The van der Waals surface area contributed by atoms with Crippen LogP contribution >= 0.6 is 0 Å². The Bertz CT molecular complexity index is 771. The molecule has 0 saturated carbocycles. The minimum absolute atomic E-state index is 0.0948. The molecule has 2 amide bonds. The maximum Gasteiger partial charge on any atom is 0.262 e. The highest BCUT2D eigenvalue weighted by Crippen LogP contribution is 2.39. The minimum atomic E-state index is -0.139. The number of nitrogens with one attached hydrogen (secondary N) is 1. The van der Waals surface area contributed by atoms with Crippen LogP contribution in [0.4, 0.5) is 11.4 Å². The number of anilines is 2. The zero-order valence-electron chi connectivity index (χ0n) is 13.1. The molecule has 3 rings (SSSR count). The summed E-state index contributed by atoms with van der Waals surface area (Å²) in [4.78, 5) is 26.1. The van der Waals surface area contributed by atoms with Crippen LogP contribution in [0, 0.1) is 0 Å². The number of benzene rings is 2. The SMILES string of the molecule is CCC(=O)Nc1ccc2c(c1)C(=O)N(CC)c1ccccc1O2. The standard InChI is InChI=1S/C18H18N2O3/c1-3-17(21)19-12-9-10-15-13(11-12)18(22)20(4-2)14-7-5-6-8-16(14)23-15/h5-11H,3-4H2,1-2H3,(H,19,21). The van der Waals surface area contributed by atoms with E-state index in [9.17, 15) is 9.59 Å². The number of amides is 2. The average Bonchev–Trinajstić information content (AvgIpc) is 2.69. The number of fused-ring (bicyclic) bond motifs is 2. The highest BCUT2D eigenvalue weighted by Gasteiger charge is 2.27. The lowest BCUT2D eigenvalue weighted by molar-refractivity contribution is -0.115. The van der Waals surface area contributed by atoms with Crippen LogP contribution < -0.4 is 15.0 Å². The van der Waals surface area contributed by atoms with Gasteiger partial charge in [-0.05, 0) is 37.3 Å². The van der Waals surface area contributed by atoms with Crippen molar-refractivity contribution in [2.75, 3.05) is 16.8 Å². The number of para-hydroxylation sites is 2. The van der Waals surface area contributed by atoms with E-state index in [0.717, 1.165) is 5.69 Å². The summed E-state index contributed by atoms with van der Waals surface area (Å²) in [5.74, 6) is 0.905. The zero-order valence-corrected chi connectivity index (χ0v) is 13.1. The Morgan fingerprint density at radius 3 is 2.65 bits per heavy atom. The van der Waals surface area contributed by atoms with Gasteiger partial charge in [0.2, 0.25) is 5.91 Å². The third-order valence-electron chi connectivity index (χ3n) is 3.75. The quantitative estimate of drug-likeness (QED) is 0.938. The van der Waals surface area contributed by atoms with Gasteiger partial charge in [-0.25, -0.2) is 0 Å². The highest BCUT2D eigenvalue weighted by molar-refractivity contribution is 6.10. The molecule has 23 heavy (non-hydrogen) atoms. The smallest absolute Gasteiger partial charge is 0.262 e. The molecular formula is C18H18N2O3. The molecule has 0 spiro atoms. The van der Waals surface area contributed by atoms with Crippen molar-refractivity contribution in [3.63, 3.8) is 0 Å². The summed E-state index contributed by atoms with van der Waals surface area (Å²) in [5.41, 5.74) is 1.78. The van der Waals surface area contributed by atoms with Crippen LogP contribution in [0.3, 0.4) is 0 Å². The highest BCUT2D eigenvalue weighted by atomic mass is 16.5. The van der Waals surface area contributed by atoms with Crippen LogP contribution in [0.25, 0.3) is 0 Å². The van der Waals surface area contributed by atoms with Crippen molar-refractivity contribution in [1.82, 2.24) is 0 Å². The van der Waals surface area contributed by atoms with E-state index in [-0.39, 0.29) is 11.8 Å². The summed E-state index contributed by atoms with van der Waals surface area (Å²) in [7, 11) is 0. The number of ether oxygens (including phenoxy) is 1. The third-order valence-corrected chi connectivity index (χ3v) is 3.75. The molecule has 0 unspecified atom stereocenters. The molecule has 5 nitrogen and oxygen atoms in total. The summed E-state index contributed by atoms with van der Waals surface area (Å²) < 4.78 is 5.92. The zero-order chi connectivity index (χ0) is 16.4. The molecule has 2 aromatic rings. The Kier molecular flexibility index (Phi) is 4.02. The summed E-state index contributed by atoms with van der Waals surface area (Å²) in [6, 6.07) is 12.6. The first-order valence-corrected chi connectivity index (χ1v) is 7.66. The summed E-state index contributed by atoms with van der Waals surface area (Å²) >= 11 is 0. The van der Waals surface area contributed by atoms with Crippen molar-refractivity contribution in [3.05, 3.63) is 48.0 Å². The third kappa shape index (κ3) is 2.77. The van der Waals surface area contributed by atoms with Gasteiger partial charge in [-0.1, -0.05) is 19.1 Å². The van der Waals surface area contributed by atoms with Gasteiger partial charge in [0, 0.05) is 18.7 Å². The fourth-order valence-electron chi connectivity index (χ4n) is 2.57. The Morgan fingerprint density at radius 1 is 1.13 bits per heavy atom. The Morgan fingerprint density at radius 2 is 1.91 bits per heavy atom. The fourth-order valence-corrected chi connectivity index (χ4v) is 2.57. The first-order chi connectivity index (χ1) is 11.1. The number of carbonyl (C=O) groups is 2. The maximum absolute atomic E-state index is 12.9. The van der Waals surface area contributed by atoms with Gasteiger partial charge in [0.1, 0.15) is 5.75 Å². The first kappa shape index (κ1) is 15.1. The van der Waals surface area contributed by atoms with E-state index in [0.29, 0.717) is 35.7 Å². The number of nitrogens with zero attached hydrogens (tertiary/aromatic N) is 1. The molecule has 0 fully saturated rings. The van der Waals surface area contributed by atoms with Gasteiger partial charge in [0.15, 0.2) is 5.75 Å². The second-order valence-corrected chi connectivity index (χ2v) is 5.23. The molecular weight excluding hydrogens is 292 g/mol. The van der Waals surface area contributed by atoms with Gasteiger partial charge < -0.3 is 15.0 Å². The van der Waals surface area contributed by atoms with Crippen molar-refractivity contribution >= 4 is 23.2 Å². The second kappa shape index (κ2) is 6.12. The average molecular weight is 310 g/mol. The Labute approximate surface area is 134 Å². The summed E-state index contributed by atoms with van der Waals surface area (Å²) in [6.45, 7) is 4.23. The molecule has 0 aliphatic carbocycles. The van der Waals surface area contributed by atoms with E-state index in [1.54, 1.807) is 30.0 Å². The molecule has 1 aliphatic heterocycles. The lowest BCUT2D eigenvalue weighted by Crippen LogP contribution is -2.29. The van der Waals surface area contributed by atoms with Crippen LogP contribution in [0.15, 0.2) is 42.5 Å². The van der Waals surface area contributed by atoms with E-state index in [4.69, 9.17) is 4.74 Å². The molecule has 0 radical (unpaired) electrons. The Balaban J connectivity index is 2.06. The first-order valence-electron chi connectivity index (χ1n) is 7.66. The predicted octanol–water partition coefficient (Wildman–Crippen LogP) is 3.81. The normalized spacial score (nSPS) is 12.8. The van der Waals surface area contributed by atoms with Gasteiger partial charge in [0.25, 0.3) is 5.91 Å². The molecule has 0 atom stereocenters. The minimum Gasteiger partial charge on any atom is -0.454 e. The van der Waals surface area contributed by atoms with Crippen molar-refractivity contribution in [2.45, 2.75) is 20.3 Å². The predicted molar refractivity (Wildman–Crippen MR) is 89.2 cm³/mol. The van der Waals surface area contributed by atoms with Gasteiger partial charge in [-0.3, -0.25) is 9.59 Å². The van der Waals surface area contributed by atoms with Crippen LogP contribution in [0.5, 0.6) is 11.5 Å². The van der Waals surface area contributed by atoms with E-state index in [1.165, 1.54) is 0 Å². The second-order valence-electron chi connectivity index (χ2n) is 5.23. The molecule has 5 heteroatoms. The van der Waals surface area contributed by atoms with E-state index in [2.05, 4.69) is 5.32 Å². The fraction of sp³-hybridized carbons (Fsp3) is 0.222. The molecule has 0 aromatic heterocycles. The molecule has 2 aromatic carbocycles. The lowest BCUT2D eigenvalue weighted by atomic mass is 10.1. The van der Waals surface area contributed by atoms with Gasteiger partial charge in [0.05, 0.1) is 11.3 Å². The van der Waals surface area contributed by atoms with E-state index in [1.807, 2.05) is 31.2 Å². The molecule has 1 N–H and O–H groups in total. The molecule has 0 saturated heterocycles. The van der Waals surface area contributed by atoms with Gasteiger partial charge in [-0.15, -0.1) is 0 Å². The number of carbonyl (C=O) groups excluding carboxylic acids is 2. The van der Waals surface area contributed by atoms with E-state index < -0.39 is 0 Å². The van der Waals surface area contributed by atoms with Crippen LogP contribution in [-0.4, -0.2) is 18.4 Å². The van der Waals surface area contributed by atoms with Gasteiger partial charge in [-0.2, -0.15) is 0 Å². The number of hydrogen-bond donors (Lipinski definition) is 1. The molecule has 1 heterocycles. The molecule has 1 aliphatic rings. The van der Waals surface area contributed by atoms with Crippen molar-refractivity contribution in [1.29, 1.82) is 0 Å². The lowest BCUT2D eigenvalue weighted by Gasteiger charge is -2.19. The number of rotatable bonds is 3. The molecule has 0 bridgehead atoms. The summed E-state index contributed by atoms with van der Waals surface area (Å²) in [6.07, 6.45) is 0.383.